The first kappa shape index (κ1) is 18.9. The van der Waals surface area contributed by atoms with Gasteiger partial charge in [0.05, 0.1) is 5.75 Å². The van der Waals surface area contributed by atoms with Crippen molar-refractivity contribution in [1.29, 1.82) is 0 Å². The van der Waals surface area contributed by atoms with Gasteiger partial charge in [-0.25, -0.2) is 23.2 Å². The summed E-state index contributed by atoms with van der Waals surface area (Å²) in [6.45, 7) is 7.49. The SMILES string of the molecule is Cc1cnc(S(=O)(=O)C[C@H]2CCCN2C(=O)OC(C)(C)C)nc1Cl. The molecule has 1 saturated heterocycles. The Bertz CT molecular complexity index is 731. The summed E-state index contributed by atoms with van der Waals surface area (Å²) in [4.78, 5) is 21.4. The Morgan fingerprint density at radius 1 is 1.46 bits per heavy atom. The molecule has 0 bridgehead atoms. The summed E-state index contributed by atoms with van der Waals surface area (Å²) in [5, 5.41) is -0.201. The van der Waals surface area contributed by atoms with Crippen LogP contribution < -0.4 is 0 Å². The molecule has 0 radical (unpaired) electrons. The summed E-state index contributed by atoms with van der Waals surface area (Å²) in [6, 6.07) is -0.450. The lowest BCUT2D eigenvalue weighted by Crippen LogP contribution is -2.42. The van der Waals surface area contributed by atoms with E-state index in [1.54, 1.807) is 27.7 Å². The second-order valence-electron chi connectivity index (χ2n) is 6.88. The first-order valence-electron chi connectivity index (χ1n) is 7.71. The number of amides is 1. The van der Waals surface area contributed by atoms with E-state index in [2.05, 4.69) is 9.97 Å². The van der Waals surface area contributed by atoms with E-state index < -0.39 is 27.6 Å². The molecule has 1 aromatic rings. The minimum Gasteiger partial charge on any atom is -0.444 e. The van der Waals surface area contributed by atoms with Crippen LogP contribution in [-0.4, -0.2) is 53.3 Å². The summed E-state index contributed by atoms with van der Waals surface area (Å²) in [7, 11) is -3.75. The molecular formula is C15H22ClN3O4S. The maximum atomic E-state index is 12.5. The highest BCUT2D eigenvalue weighted by molar-refractivity contribution is 7.91. The topological polar surface area (TPSA) is 89.5 Å². The lowest BCUT2D eigenvalue weighted by Gasteiger charge is -2.28. The average Bonchev–Trinajstić information content (AvgIpc) is 2.87. The lowest BCUT2D eigenvalue weighted by atomic mass is 10.2. The third-order valence-corrected chi connectivity index (χ3v) is 5.54. The Kier molecular flexibility index (Phi) is 5.39. The summed E-state index contributed by atoms with van der Waals surface area (Å²) in [6.07, 6.45) is 2.21. The number of carbonyl (C=O) groups excluding carboxylic acids is 1. The van der Waals surface area contributed by atoms with Crippen LogP contribution in [0.15, 0.2) is 11.4 Å². The van der Waals surface area contributed by atoms with E-state index in [0.717, 1.165) is 6.42 Å². The van der Waals surface area contributed by atoms with E-state index in [1.165, 1.54) is 11.1 Å². The fourth-order valence-corrected chi connectivity index (χ4v) is 4.08. The fourth-order valence-electron chi connectivity index (χ4n) is 2.45. The van der Waals surface area contributed by atoms with Crippen LogP contribution in [0.5, 0.6) is 0 Å². The molecule has 2 rings (SSSR count). The Hall–Kier alpha value is -1.41. The standard InChI is InChI=1S/C15H22ClN3O4S/c1-10-8-17-13(18-12(10)16)24(21,22)9-11-6-5-7-19(11)14(20)23-15(2,3)4/h8,11H,5-7,9H2,1-4H3/t11-/m1/s1. The van der Waals surface area contributed by atoms with Crippen molar-refractivity contribution in [3.63, 3.8) is 0 Å². The van der Waals surface area contributed by atoms with E-state index in [9.17, 15) is 13.2 Å². The minimum atomic E-state index is -3.75. The number of hydrogen-bond acceptors (Lipinski definition) is 6. The molecule has 9 heteroatoms. The van der Waals surface area contributed by atoms with Gasteiger partial charge >= 0.3 is 6.09 Å². The molecule has 0 unspecified atom stereocenters. The molecule has 1 aromatic heterocycles. The van der Waals surface area contributed by atoms with Gasteiger partial charge in [-0.3, -0.25) is 0 Å². The van der Waals surface area contributed by atoms with E-state index in [0.29, 0.717) is 18.5 Å². The summed E-state index contributed by atoms with van der Waals surface area (Å²) in [5.74, 6) is -0.244. The Morgan fingerprint density at radius 3 is 2.71 bits per heavy atom. The van der Waals surface area contributed by atoms with Gasteiger partial charge in [0.25, 0.3) is 0 Å². The van der Waals surface area contributed by atoms with Crippen molar-refractivity contribution in [2.75, 3.05) is 12.3 Å². The maximum absolute atomic E-state index is 12.5. The van der Waals surface area contributed by atoms with Crippen LogP contribution in [-0.2, 0) is 14.6 Å². The van der Waals surface area contributed by atoms with Crippen molar-refractivity contribution in [2.45, 2.75) is 57.3 Å². The van der Waals surface area contributed by atoms with Crippen LogP contribution >= 0.6 is 11.6 Å². The number of carbonyl (C=O) groups is 1. The maximum Gasteiger partial charge on any atom is 0.410 e. The van der Waals surface area contributed by atoms with Gasteiger partial charge < -0.3 is 9.64 Å². The number of aryl methyl sites for hydroxylation is 1. The number of hydrogen-bond donors (Lipinski definition) is 0. The van der Waals surface area contributed by atoms with Crippen LogP contribution in [0.2, 0.25) is 5.15 Å². The van der Waals surface area contributed by atoms with Gasteiger partial charge in [-0.15, -0.1) is 0 Å². The Morgan fingerprint density at radius 2 is 2.12 bits per heavy atom. The second kappa shape index (κ2) is 6.84. The molecule has 134 valence electrons. The summed E-state index contributed by atoms with van der Waals surface area (Å²) in [5.41, 5.74) is -0.0247. The molecule has 0 aromatic carbocycles. The highest BCUT2D eigenvalue weighted by Crippen LogP contribution is 2.24. The minimum absolute atomic E-state index is 0.110. The number of rotatable bonds is 3. The van der Waals surface area contributed by atoms with Gasteiger partial charge in [-0.05, 0) is 40.5 Å². The van der Waals surface area contributed by atoms with Crippen molar-refractivity contribution in [1.82, 2.24) is 14.9 Å². The number of sulfone groups is 1. The molecule has 0 N–H and O–H groups in total. The number of ether oxygens (including phenoxy) is 1. The van der Waals surface area contributed by atoms with E-state index in [4.69, 9.17) is 16.3 Å². The zero-order valence-corrected chi connectivity index (χ0v) is 15.8. The molecule has 0 saturated carbocycles. The molecule has 2 heterocycles. The molecular weight excluding hydrogens is 354 g/mol. The average molecular weight is 376 g/mol. The number of halogens is 1. The molecule has 0 aliphatic carbocycles. The highest BCUT2D eigenvalue weighted by atomic mass is 35.5. The molecule has 1 aliphatic rings. The molecule has 0 spiro atoms. The summed E-state index contributed by atoms with van der Waals surface area (Å²) < 4.78 is 30.4. The van der Waals surface area contributed by atoms with Gasteiger partial charge in [-0.2, -0.15) is 0 Å². The van der Waals surface area contributed by atoms with Crippen LogP contribution in [0.25, 0.3) is 0 Å². The number of likely N-dealkylation sites (tertiary alicyclic amines) is 1. The van der Waals surface area contributed by atoms with Crippen molar-refractivity contribution < 1.29 is 17.9 Å². The normalized spacial score (nSPS) is 18.7. The first-order valence-corrected chi connectivity index (χ1v) is 9.74. The smallest absolute Gasteiger partial charge is 0.410 e. The predicted molar refractivity (Wildman–Crippen MR) is 89.8 cm³/mol. The molecule has 1 fully saturated rings. The zero-order chi connectivity index (χ0) is 18.1. The third-order valence-electron chi connectivity index (χ3n) is 3.58. The van der Waals surface area contributed by atoms with Crippen molar-refractivity contribution in [3.05, 3.63) is 16.9 Å². The Balaban J connectivity index is 2.16. The third kappa shape index (κ3) is 4.57. The zero-order valence-electron chi connectivity index (χ0n) is 14.2. The highest BCUT2D eigenvalue weighted by Gasteiger charge is 2.36. The molecule has 7 nitrogen and oxygen atoms in total. The quantitative estimate of drug-likeness (QED) is 0.595. The molecule has 1 amide bonds. The van der Waals surface area contributed by atoms with Crippen molar-refractivity contribution >= 4 is 27.5 Å². The van der Waals surface area contributed by atoms with Crippen molar-refractivity contribution in [2.24, 2.45) is 0 Å². The van der Waals surface area contributed by atoms with Crippen LogP contribution in [0.1, 0.15) is 39.2 Å². The van der Waals surface area contributed by atoms with Gasteiger partial charge in [0, 0.05) is 24.3 Å². The van der Waals surface area contributed by atoms with Crippen LogP contribution in [0, 0.1) is 6.92 Å². The van der Waals surface area contributed by atoms with E-state index >= 15 is 0 Å². The fraction of sp³-hybridized carbons (Fsp3) is 0.667. The van der Waals surface area contributed by atoms with E-state index in [-0.39, 0.29) is 16.1 Å². The molecule has 24 heavy (non-hydrogen) atoms. The summed E-state index contributed by atoms with van der Waals surface area (Å²) >= 11 is 5.89. The van der Waals surface area contributed by atoms with Crippen molar-refractivity contribution in [3.8, 4) is 0 Å². The predicted octanol–water partition coefficient (Wildman–Crippen LogP) is 2.61. The van der Waals surface area contributed by atoms with Gasteiger partial charge in [-0.1, -0.05) is 11.6 Å². The Labute approximate surface area is 147 Å². The lowest BCUT2D eigenvalue weighted by molar-refractivity contribution is 0.0241. The van der Waals surface area contributed by atoms with Gasteiger partial charge in [0.15, 0.2) is 0 Å². The largest absolute Gasteiger partial charge is 0.444 e. The molecule has 1 aliphatic heterocycles. The monoisotopic (exact) mass is 375 g/mol. The van der Waals surface area contributed by atoms with Gasteiger partial charge in [0.2, 0.25) is 15.0 Å². The number of nitrogens with zero attached hydrogens (tertiary/aromatic N) is 3. The first-order chi connectivity index (χ1) is 11.0. The molecule has 1 atom stereocenters. The van der Waals surface area contributed by atoms with E-state index in [1.807, 2.05) is 0 Å². The number of aromatic nitrogens is 2. The van der Waals surface area contributed by atoms with Crippen LogP contribution in [0.3, 0.4) is 0 Å². The van der Waals surface area contributed by atoms with Gasteiger partial charge in [0.1, 0.15) is 10.8 Å². The second-order valence-corrected chi connectivity index (χ2v) is 9.16. The van der Waals surface area contributed by atoms with Crippen LogP contribution in [0.4, 0.5) is 4.79 Å².